The predicted molar refractivity (Wildman–Crippen MR) is 83.9 cm³/mol. The Morgan fingerprint density at radius 1 is 1.18 bits per heavy atom. The van der Waals surface area contributed by atoms with Crippen LogP contribution in [0.15, 0.2) is 24.3 Å². The lowest BCUT2D eigenvalue weighted by molar-refractivity contribution is -0.137. The average Bonchev–Trinajstić information content (AvgIpc) is 2.50. The number of nitrogens with one attached hydrogen (secondary N) is 3. The van der Waals surface area contributed by atoms with Crippen LogP contribution in [0.5, 0.6) is 0 Å². The highest BCUT2D eigenvalue weighted by Gasteiger charge is 2.04. The van der Waals surface area contributed by atoms with Gasteiger partial charge in [-0.25, -0.2) is 4.79 Å². The Morgan fingerprint density at radius 2 is 1.95 bits per heavy atom. The number of ether oxygens (including phenoxy) is 1. The molecule has 0 aromatic heterocycles. The summed E-state index contributed by atoms with van der Waals surface area (Å²) in [5.41, 5.74) is 1.92. The van der Waals surface area contributed by atoms with Gasteiger partial charge in [-0.05, 0) is 18.1 Å². The van der Waals surface area contributed by atoms with Crippen molar-refractivity contribution < 1.29 is 19.4 Å². The number of carboxylic acid groups (broad SMARTS) is 1. The first-order valence-electron chi connectivity index (χ1n) is 7.17. The Bertz CT molecular complexity index is 480. The van der Waals surface area contributed by atoms with Crippen molar-refractivity contribution in [3.8, 4) is 0 Å². The van der Waals surface area contributed by atoms with E-state index in [-0.39, 0.29) is 12.5 Å². The molecule has 0 spiro atoms. The van der Waals surface area contributed by atoms with Crippen molar-refractivity contribution in [3.05, 3.63) is 29.8 Å². The minimum absolute atomic E-state index is 0.0481. The Kier molecular flexibility index (Phi) is 8.44. The second-order valence-corrected chi connectivity index (χ2v) is 4.68. The van der Waals surface area contributed by atoms with Gasteiger partial charge >= 0.3 is 12.0 Å². The fourth-order valence-electron chi connectivity index (χ4n) is 1.81. The topological polar surface area (TPSA) is 99.7 Å². The maximum Gasteiger partial charge on any atom is 0.315 e. The zero-order valence-electron chi connectivity index (χ0n) is 12.7. The fraction of sp³-hybridized carbons (Fsp3) is 0.467. The van der Waals surface area contributed by atoms with Gasteiger partial charge in [0, 0.05) is 38.9 Å². The monoisotopic (exact) mass is 309 g/mol. The Morgan fingerprint density at radius 3 is 2.68 bits per heavy atom. The molecule has 7 heteroatoms. The number of carboxylic acids is 1. The molecule has 0 heterocycles. The lowest BCUT2D eigenvalue weighted by atomic mass is 10.2. The maximum absolute atomic E-state index is 11.6. The number of carbonyl (C=O) groups excluding carboxylic acids is 1. The quantitative estimate of drug-likeness (QED) is 0.490. The molecule has 0 unspecified atom stereocenters. The van der Waals surface area contributed by atoms with E-state index >= 15 is 0 Å². The van der Waals surface area contributed by atoms with Gasteiger partial charge in [-0.2, -0.15) is 0 Å². The molecule has 0 aliphatic heterocycles. The van der Waals surface area contributed by atoms with Crippen LogP contribution in [0.25, 0.3) is 0 Å². The molecule has 7 nitrogen and oxygen atoms in total. The molecule has 0 bridgehead atoms. The van der Waals surface area contributed by atoms with E-state index in [1.165, 1.54) is 0 Å². The summed E-state index contributed by atoms with van der Waals surface area (Å²) in [4.78, 5) is 22.0. The van der Waals surface area contributed by atoms with Crippen LogP contribution >= 0.6 is 0 Å². The van der Waals surface area contributed by atoms with Crippen LogP contribution in [0.1, 0.15) is 18.4 Å². The number of hydrogen-bond acceptors (Lipinski definition) is 4. The number of para-hydroxylation sites is 1. The molecular weight excluding hydrogens is 286 g/mol. The van der Waals surface area contributed by atoms with E-state index in [0.29, 0.717) is 32.7 Å². The van der Waals surface area contributed by atoms with Crippen LogP contribution in [-0.4, -0.2) is 43.9 Å². The van der Waals surface area contributed by atoms with Gasteiger partial charge in [-0.1, -0.05) is 18.2 Å². The van der Waals surface area contributed by atoms with E-state index in [9.17, 15) is 9.59 Å². The molecule has 0 aliphatic carbocycles. The summed E-state index contributed by atoms with van der Waals surface area (Å²) in [5, 5.41) is 17.1. The largest absolute Gasteiger partial charge is 0.481 e. The molecular formula is C15H23N3O4. The van der Waals surface area contributed by atoms with Crippen LogP contribution in [0, 0.1) is 0 Å². The average molecular weight is 309 g/mol. The molecule has 0 saturated heterocycles. The Labute approximate surface area is 130 Å². The molecule has 4 N–H and O–H groups in total. The minimum atomic E-state index is -0.863. The minimum Gasteiger partial charge on any atom is -0.481 e. The number of carbonyl (C=O) groups is 2. The molecule has 1 aromatic carbocycles. The summed E-state index contributed by atoms with van der Waals surface area (Å²) >= 11 is 0. The van der Waals surface area contributed by atoms with Crippen molar-refractivity contribution in [2.45, 2.75) is 19.4 Å². The van der Waals surface area contributed by atoms with E-state index < -0.39 is 5.97 Å². The van der Waals surface area contributed by atoms with Gasteiger partial charge in [0.2, 0.25) is 0 Å². The smallest absolute Gasteiger partial charge is 0.315 e. The van der Waals surface area contributed by atoms with Crippen molar-refractivity contribution in [1.29, 1.82) is 0 Å². The molecule has 0 saturated carbocycles. The van der Waals surface area contributed by atoms with Crippen LogP contribution < -0.4 is 16.0 Å². The van der Waals surface area contributed by atoms with Crippen molar-refractivity contribution in [2.75, 3.05) is 32.1 Å². The molecule has 0 radical (unpaired) electrons. The van der Waals surface area contributed by atoms with Crippen molar-refractivity contribution in [2.24, 2.45) is 0 Å². The number of benzene rings is 1. The molecule has 0 aliphatic rings. The fourth-order valence-corrected chi connectivity index (χ4v) is 1.81. The highest BCUT2D eigenvalue weighted by Crippen LogP contribution is 2.14. The molecule has 2 amide bonds. The Balaban J connectivity index is 2.33. The Hall–Kier alpha value is -2.28. The van der Waals surface area contributed by atoms with Crippen molar-refractivity contribution >= 4 is 17.7 Å². The number of anilines is 1. The zero-order valence-corrected chi connectivity index (χ0v) is 12.7. The van der Waals surface area contributed by atoms with Crippen molar-refractivity contribution in [3.63, 3.8) is 0 Å². The van der Waals surface area contributed by atoms with E-state index in [4.69, 9.17) is 9.84 Å². The van der Waals surface area contributed by atoms with E-state index in [0.717, 1.165) is 11.3 Å². The molecule has 122 valence electrons. The molecule has 0 atom stereocenters. The normalized spacial score (nSPS) is 10.0. The maximum atomic E-state index is 11.6. The summed E-state index contributed by atoms with van der Waals surface area (Å²) < 4.78 is 4.99. The van der Waals surface area contributed by atoms with Gasteiger partial charge in [-0.15, -0.1) is 0 Å². The molecule has 0 fully saturated rings. The lowest BCUT2D eigenvalue weighted by Crippen LogP contribution is -2.35. The summed E-state index contributed by atoms with van der Waals surface area (Å²) in [6.07, 6.45) is 0.463. The number of rotatable bonds is 10. The molecule has 1 aromatic rings. The van der Waals surface area contributed by atoms with Gasteiger partial charge < -0.3 is 25.8 Å². The summed E-state index contributed by atoms with van der Waals surface area (Å²) in [7, 11) is 1.64. The standard InChI is InChI=1S/C15H23N3O4/c1-22-10-9-16-13-6-3-2-5-12(13)11-18-15(21)17-8-4-7-14(19)20/h2-3,5-6,16H,4,7-11H2,1H3,(H,19,20)(H2,17,18,21). The highest BCUT2D eigenvalue weighted by atomic mass is 16.5. The van der Waals surface area contributed by atoms with Gasteiger partial charge in [0.05, 0.1) is 6.61 Å². The first-order valence-corrected chi connectivity index (χ1v) is 7.17. The van der Waals surface area contributed by atoms with Crippen LogP contribution in [0.2, 0.25) is 0 Å². The third-order valence-electron chi connectivity index (χ3n) is 2.93. The lowest BCUT2D eigenvalue weighted by Gasteiger charge is -2.13. The summed E-state index contributed by atoms with van der Waals surface area (Å²) in [6.45, 7) is 2.02. The van der Waals surface area contributed by atoms with Crippen molar-refractivity contribution in [1.82, 2.24) is 10.6 Å². The van der Waals surface area contributed by atoms with Crippen LogP contribution in [0.3, 0.4) is 0 Å². The number of methoxy groups -OCH3 is 1. The van der Waals surface area contributed by atoms with Gasteiger partial charge in [0.25, 0.3) is 0 Å². The number of urea groups is 1. The van der Waals surface area contributed by atoms with Gasteiger partial charge in [0.15, 0.2) is 0 Å². The summed E-state index contributed by atoms with van der Waals surface area (Å²) in [6, 6.07) is 7.39. The number of amides is 2. The zero-order chi connectivity index (χ0) is 16.2. The van der Waals surface area contributed by atoms with Crippen LogP contribution in [0.4, 0.5) is 10.5 Å². The van der Waals surface area contributed by atoms with Gasteiger partial charge in [-0.3, -0.25) is 4.79 Å². The molecule has 1 rings (SSSR count). The predicted octanol–water partition coefficient (Wildman–Crippen LogP) is 1.41. The first kappa shape index (κ1) is 17.8. The van der Waals surface area contributed by atoms with Crippen LogP contribution in [-0.2, 0) is 16.1 Å². The second-order valence-electron chi connectivity index (χ2n) is 4.68. The van der Waals surface area contributed by atoms with E-state index in [1.807, 2.05) is 24.3 Å². The molecule has 22 heavy (non-hydrogen) atoms. The van der Waals surface area contributed by atoms with E-state index in [1.54, 1.807) is 7.11 Å². The van der Waals surface area contributed by atoms with E-state index in [2.05, 4.69) is 16.0 Å². The number of aliphatic carboxylic acids is 1. The first-order chi connectivity index (χ1) is 10.6. The summed E-state index contributed by atoms with van der Waals surface area (Å²) in [5.74, 6) is -0.863. The highest BCUT2D eigenvalue weighted by molar-refractivity contribution is 5.74. The SMILES string of the molecule is COCCNc1ccccc1CNC(=O)NCCCC(=O)O. The third-order valence-corrected chi connectivity index (χ3v) is 2.93. The number of hydrogen-bond donors (Lipinski definition) is 4. The second kappa shape index (κ2) is 10.4. The third kappa shape index (κ3) is 7.49. The van der Waals surface area contributed by atoms with Gasteiger partial charge in [0.1, 0.15) is 0 Å².